The maximum absolute atomic E-state index is 12.4. The average molecular weight is 388 g/mol. The van der Waals surface area contributed by atoms with Crippen LogP contribution in [0.25, 0.3) is 10.9 Å². The second-order valence-electron chi connectivity index (χ2n) is 7.65. The molecule has 2 heterocycles. The van der Waals surface area contributed by atoms with Gasteiger partial charge in [0.15, 0.2) is 0 Å². The van der Waals surface area contributed by atoms with Crippen LogP contribution in [0.2, 0.25) is 0 Å². The van der Waals surface area contributed by atoms with E-state index in [0.29, 0.717) is 17.0 Å². The lowest BCUT2D eigenvalue weighted by Gasteiger charge is -2.26. The monoisotopic (exact) mass is 388 g/mol. The third-order valence-electron chi connectivity index (χ3n) is 4.38. The fourth-order valence-electron chi connectivity index (χ4n) is 3.15. The topological polar surface area (TPSA) is 98.2 Å². The maximum Gasteiger partial charge on any atom is 0.411 e. The number of methoxy groups -OCH3 is 1. The van der Waals surface area contributed by atoms with E-state index < -0.39 is 29.8 Å². The molecule has 1 aromatic carbocycles. The fourth-order valence-corrected chi connectivity index (χ4v) is 3.15. The summed E-state index contributed by atoms with van der Waals surface area (Å²) in [6.07, 6.45) is 0.664. The highest BCUT2D eigenvalue weighted by Crippen LogP contribution is 2.31. The molecule has 3 rings (SSSR count). The summed E-state index contributed by atoms with van der Waals surface area (Å²) in [5, 5.41) is 10.3. The van der Waals surface area contributed by atoms with Crippen LogP contribution in [0.3, 0.4) is 0 Å². The summed E-state index contributed by atoms with van der Waals surface area (Å²) in [7, 11) is 1.58. The second kappa shape index (κ2) is 7.53. The molecule has 2 aromatic rings. The number of fused-ring (bicyclic) bond motifs is 1. The molecule has 1 saturated heterocycles. The molecule has 1 fully saturated rings. The Morgan fingerprint density at radius 3 is 2.64 bits per heavy atom. The molecular formula is C20H24N2O6. The van der Waals surface area contributed by atoms with Gasteiger partial charge in [-0.2, -0.15) is 0 Å². The molecule has 0 radical (unpaired) electrons. The Bertz CT molecular complexity index is 892. The predicted molar refractivity (Wildman–Crippen MR) is 102 cm³/mol. The number of nitrogens with zero attached hydrogens (tertiary/aromatic N) is 2. The average Bonchev–Trinajstić information content (AvgIpc) is 3.04. The van der Waals surface area contributed by atoms with Gasteiger partial charge in [0.2, 0.25) is 0 Å². The Hall–Kier alpha value is -3.03. The van der Waals surface area contributed by atoms with Crippen molar-refractivity contribution in [1.82, 2.24) is 9.88 Å². The molecule has 8 heteroatoms. The van der Waals surface area contributed by atoms with Gasteiger partial charge in [-0.25, -0.2) is 9.59 Å². The van der Waals surface area contributed by atoms with E-state index in [1.54, 1.807) is 52.3 Å². The van der Waals surface area contributed by atoms with Crippen molar-refractivity contribution >= 4 is 23.0 Å². The van der Waals surface area contributed by atoms with Crippen molar-refractivity contribution in [3.8, 4) is 11.5 Å². The van der Waals surface area contributed by atoms with Crippen LogP contribution in [-0.2, 0) is 9.53 Å². The lowest BCUT2D eigenvalue weighted by atomic mass is 10.1. The van der Waals surface area contributed by atoms with Gasteiger partial charge in [0, 0.05) is 24.1 Å². The van der Waals surface area contributed by atoms with Gasteiger partial charge >= 0.3 is 12.1 Å². The van der Waals surface area contributed by atoms with Gasteiger partial charge in [-0.15, -0.1) is 0 Å². The number of carbonyl (C=O) groups is 2. The number of rotatable bonds is 4. The molecular weight excluding hydrogens is 364 g/mol. The molecule has 0 saturated carbocycles. The molecule has 1 aliphatic rings. The quantitative estimate of drug-likeness (QED) is 0.859. The van der Waals surface area contributed by atoms with Gasteiger partial charge in [-0.05, 0) is 39.0 Å². The SMILES string of the molecule is COc1ccc2c(O[C@@H]3CC(C(=O)O)N(C(=O)OC(C)(C)C)C3)ccnc2c1. The Kier molecular flexibility index (Phi) is 5.31. The van der Waals surface area contributed by atoms with E-state index >= 15 is 0 Å². The third-order valence-corrected chi connectivity index (χ3v) is 4.38. The van der Waals surface area contributed by atoms with E-state index in [9.17, 15) is 14.7 Å². The van der Waals surface area contributed by atoms with Crippen LogP contribution in [0, 0.1) is 0 Å². The summed E-state index contributed by atoms with van der Waals surface area (Å²) < 4.78 is 16.6. The van der Waals surface area contributed by atoms with Crippen molar-refractivity contribution in [2.75, 3.05) is 13.7 Å². The normalized spacial score (nSPS) is 19.5. The summed E-state index contributed by atoms with van der Waals surface area (Å²) in [6.45, 7) is 5.35. The Labute approximate surface area is 163 Å². The van der Waals surface area contributed by atoms with Crippen LogP contribution >= 0.6 is 0 Å². The second-order valence-corrected chi connectivity index (χ2v) is 7.65. The molecule has 1 aromatic heterocycles. The van der Waals surface area contributed by atoms with Crippen LogP contribution in [0.1, 0.15) is 27.2 Å². The van der Waals surface area contributed by atoms with E-state index in [0.717, 1.165) is 5.39 Å². The molecule has 8 nitrogen and oxygen atoms in total. The number of carbonyl (C=O) groups excluding carboxylic acids is 1. The number of carboxylic acids is 1. The Balaban J connectivity index is 1.81. The molecule has 1 N–H and O–H groups in total. The van der Waals surface area contributed by atoms with Crippen molar-refractivity contribution < 1.29 is 28.9 Å². The van der Waals surface area contributed by atoms with Crippen LogP contribution in [-0.4, -0.2) is 58.5 Å². The summed E-state index contributed by atoms with van der Waals surface area (Å²) in [5.41, 5.74) is -0.00646. The highest BCUT2D eigenvalue weighted by molar-refractivity contribution is 5.86. The first-order valence-corrected chi connectivity index (χ1v) is 9.00. The lowest BCUT2D eigenvalue weighted by Crippen LogP contribution is -2.43. The van der Waals surface area contributed by atoms with E-state index in [1.165, 1.54) is 4.90 Å². The molecule has 0 spiro atoms. The summed E-state index contributed by atoms with van der Waals surface area (Å²) in [5.74, 6) is 0.175. The van der Waals surface area contributed by atoms with Crippen molar-refractivity contribution in [3.63, 3.8) is 0 Å². The molecule has 2 atom stereocenters. The smallest absolute Gasteiger partial charge is 0.411 e. The summed E-state index contributed by atoms with van der Waals surface area (Å²) in [4.78, 5) is 29.6. The Morgan fingerprint density at radius 2 is 2.00 bits per heavy atom. The number of aliphatic carboxylic acids is 1. The minimum Gasteiger partial charge on any atom is -0.497 e. The van der Waals surface area contributed by atoms with Crippen LogP contribution in [0.15, 0.2) is 30.5 Å². The van der Waals surface area contributed by atoms with E-state index in [1.807, 2.05) is 6.07 Å². The largest absolute Gasteiger partial charge is 0.497 e. The predicted octanol–water partition coefficient (Wildman–Crippen LogP) is 3.08. The number of pyridine rings is 1. The number of ether oxygens (including phenoxy) is 3. The van der Waals surface area contributed by atoms with E-state index in [4.69, 9.17) is 14.2 Å². The van der Waals surface area contributed by atoms with Crippen molar-refractivity contribution in [1.29, 1.82) is 0 Å². The lowest BCUT2D eigenvalue weighted by molar-refractivity contribution is -0.142. The number of hydrogen-bond acceptors (Lipinski definition) is 6. The summed E-state index contributed by atoms with van der Waals surface area (Å²) in [6, 6.07) is 6.17. The minimum atomic E-state index is -1.08. The van der Waals surface area contributed by atoms with Gasteiger partial charge < -0.3 is 19.3 Å². The van der Waals surface area contributed by atoms with Gasteiger partial charge in [-0.1, -0.05) is 0 Å². The fraction of sp³-hybridized carbons (Fsp3) is 0.450. The Morgan fingerprint density at radius 1 is 1.25 bits per heavy atom. The van der Waals surface area contributed by atoms with Crippen LogP contribution in [0.5, 0.6) is 11.5 Å². The van der Waals surface area contributed by atoms with Crippen molar-refractivity contribution in [3.05, 3.63) is 30.5 Å². The summed E-state index contributed by atoms with van der Waals surface area (Å²) >= 11 is 0. The number of amides is 1. The zero-order valence-electron chi connectivity index (χ0n) is 16.3. The van der Waals surface area contributed by atoms with E-state index in [2.05, 4.69) is 4.98 Å². The number of hydrogen-bond donors (Lipinski definition) is 1. The molecule has 1 amide bonds. The first-order valence-electron chi connectivity index (χ1n) is 9.00. The van der Waals surface area contributed by atoms with Crippen LogP contribution in [0.4, 0.5) is 4.79 Å². The highest BCUT2D eigenvalue weighted by atomic mass is 16.6. The molecule has 0 aliphatic carbocycles. The van der Waals surface area contributed by atoms with Gasteiger partial charge in [0.1, 0.15) is 29.2 Å². The highest BCUT2D eigenvalue weighted by Gasteiger charge is 2.42. The maximum atomic E-state index is 12.4. The number of aromatic nitrogens is 1. The van der Waals surface area contributed by atoms with Gasteiger partial charge in [0.05, 0.1) is 19.2 Å². The minimum absolute atomic E-state index is 0.131. The van der Waals surface area contributed by atoms with Crippen LogP contribution < -0.4 is 9.47 Å². The zero-order chi connectivity index (χ0) is 20.5. The molecule has 1 aliphatic heterocycles. The number of benzene rings is 1. The molecule has 0 bridgehead atoms. The van der Waals surface area contributed by atoms with Gasteiger partial charge in [0.25, 0.3) is 0 Å². The zero-order valence-corrected chi connectivity index (χ0v) is 16.3. The standard InChI is InChI=1S/C20H24N2O6/c1-20(2,3)28-19(25)22-11-13(10-16(22)18(23)24)27-17-7-8-21-15-9-12(26-4)5-6-14(15)17/h5-9,13,16H,10-11H2,1-4H3,(H,23,24)/t13-,16?/m1/s1. The molecule has 150 valence electrons. The third kappa shape index (κ3) is 4.27. The van der Waals surface area contributed by atoms with E-state index in [-0.39, 0.29) is 13.0 Å². The first-order chi connectivity index (χ1) is 13.2. The number of carboxylic acid groups (broad SMARTS) is 1. The first kappa shape index (κ1) is 19.7. The van der Waals surface area contributed by atoms with Gasteiger partial charge in [-0.3, -0.25) is 9.88 Å². The molecule has 28 heavy (non-hydrogen) atoms. The van der Waals surface area contributed by atoms with Crippen molar-refractivity contribution in [2.45, 2.75) is 44.9 Å². The molecule has 1 unspecified atom stereocenters. The van der Waals surface area contributed by atoms with Crippen molar-refractivity contribution in [2.24, 2.45) is 0 Å². The number of likely N-dealkylation sites (tertiary alicyclic amines) is 1.